The van der Waals surface area contributed by atoms with Crippen LogP contribution in [0.1, 0.15) is 156 Å². The Morgan fingerprint density at radius 1 is 0.442 bits per heavy atom. The molecule has 12 rings (SSSR count). The topological polar surface area (TPSA) is 330 Å². The van der Waals surface area contributed by atoms with Gasteiger partial charge in [0.2, 0.25) is 0 Å². The second-order valence-electron chi connectivity index (χ2n) is 25.3. The van der Waals surface area contributed by atoms with Gasteiger partial charge in [-0.3, -0.25) is 44.1 Å². The summed E-state index contributed by atoms with van der Waals surface area (Å²) in [4.78, 5) is 82.3. The van der Waals surface area contributed by atoms with Gasteiger partial charge in [0.1, 0.15) is 41.9 Å². The van der Waals surface area contributed by atoms with E-state index in [0.717, 1.165) is 77.7 Å². The number of ether oxygens (including phenoxy) is 6. The SMILES string of the molecule is CCCCCCc1cc(CCCCCC)c(-c2ccnc(-c3cc(C(F)(F)F)n[n-]3)c2)s1.CCCCCCc1ccc(-c2ccc(-c3cc(OC=O)cc(-c4cc(OC=O)ccn4)n3)nc2)s1.CCCCCCc1sc(-c2ccc(-c3cc(OC=O)cc(-c4cc(OC=O)ccn4)n3)nc2)c2c1OCCO2.[N-]=C=S.[N-]=C=S.[N-]=C=S.[N-]=C=S.[Ru+2].[Ru+3]. The quantitative estimate of drug-likeness (QED) is 0.0116. The summed E-state index contributed by atoms with van der Waals surface area (Å²) in [6.07, 6.45) is 27.4. The smallest absolute Gasteiger partial charge is 0.753 e. The second-order valence-corrected chi connectivity index (χ2v) is 29.5. The Bertz CT molecular complexity index is 5060. The Morgan fingerprint density at radius 2 is 0.875 bits per heavy atom. The first kappa shape index (κ1) is 102. The third kappa shape index (κ3) is 33.9. The normalized spacial score (nSPS) is 10.5. The van der Waals surface area contributed by atoms with Crippen LogP contribution in [0.25, 0.3) is 110 Å². The summed E-state index contributed by atoms with van der Waals surface area (Å²) in [5.74, 6) is 2.89. The van der Waals surface area contributed by atoms with Crippen LogP contribution in [0.3, 0.4) is 0 Å². The molecule has 0 unspecified atom stereocenters. The van der Waals surface area contributed by atoms with E-state index >= 15 is 0 Å². The number of carbonyl (C=O) groups excluding carboxylic acids is 4. The van der Waals surface area contributed by atoms with E-state index in [-0.39, 0.29) is 50.4 Å². The number of thiocarbonyl (C=S) groups is 4. The molecule has 0 N–H and O–H groups in total. The Morgan fingerprint density at radius 3 is 1.34 bits per heavy atom. The number of isothiocyanates is 4. The standard InChI is InChI=1S/C29H27N3O6S.C27H25N3O4S.C25H31F3N3S.4CNS.2Ru/c1-2-3-4-5-6-26-27-28(36-12-11-35-27)29(39-26)19-7-8-22(31-16-19)24-14-21(38-18-34)15-25(32-24)23-13-20(37-17-33)9-10-30-23;1-2-3-4-5-6-22-8-10-27(35-22)19-7-9-23(29-16-19)25-14-21(34-18-32)15-26(30-25)24-13-20(33-17-31)11-12-28-24;1-3-5-7-9-11-18-15-20(12-10-8-6-4-2)32-24(18)19-13-14-29-21(16-19)22-17-23(31-30-22)25(26,27)28;4*2-1-3;;/h7-10,13-18H,2-6,11-12H2,1H3;7-18H,2-6H2,1H3;13-17H,3-12H2,1-2H3;;;;;;/q;;5*-1;+2;+3. The van der Waals surface area contributed by atoms with Gasteiger partial charge in [0.15, 0.2) is 11.5 Å². The van der Waals surface area contributed by atoms with Crippen molar-refractivity contribution in [3.8, 4) is 123 Å². The first-order chi connectivity index (χ1) is 57.5. The van der Waals surface area contributed by atoms with Gasteiger partial charge >= 0.3 is 45.1 Å². The first-order valence-electron chi connectivity index (χ1n) is 37.5. The number of unbranched alkanes of at least 4 members (excludes halogenated alkanes) is 12. The number of alkyl halides is 3. The van der Waals surface area contributed by atoms with Crippen molar-refractivity contribution in [2.45, 2.75) is 162 Å². The van der Waals surface area contributed by atoms with Crippen LogP contribution in [0.15, 0.2) is 140 Å². The zero-order chi connectivity index (χ0) is 85.3. The van der Waals surface area contributed by atoms with E-state index in [1.165, 1.54) is 153 Å². The van der Waals surface area contributed by atoms with Crippen LogP contribution in [0.5, 0.6) is 34.5 Å². The van der Waals surface area contributed by atoms with Gasteiger partial charge in [0.25, 0.3) is 25.9 Å². The Balaban J connectivity index is 0.000000352. The number of nitrogens with zero attached hydrogens (tertiary/aromatic N) is 13. The molecule has 1 aliphatic rings. The Hall–Kier alpha value is -9.92. The molecule has 11 aromatic rings. The summed E-state index contributed by atoms with van der Waals surface area (Å²) < 4.78 is 70.8. The number of rotatable bonds is 36. The summed E-state index contributed by atoms with van der Waals surface area (Å²) in [7, 11) is 0. The van der Waals surface area contributed by atoms with Gasteiger partial charge in [-0.25, -0.2) is 9.97 Å². The zero-order valence-electron chi connectivity index (χ0n) is 65.7. The summed E-state index contributed by atoms with van der Waals surface area (Å²) >= 11 is 20.1. The molecule has 0 spiro atoms. The molecule has 0 bridgehead atoms. The predicted molar refractivity (Wildman–Crippen MR) is 470 cm³/mol. The van der Waals surface area contributed by atoms with Gasteiger partial charge in [-0.05, 0) is 135 Å². The molecule has 35 heteroatoms. The molecule has 0 saturated heterocycles. The van der Waals surface area contributed by atoms with Crippen LogP contribution in [0.4, 0.5) is 13.2 Å². The number of pyridine rings is 7. The molecule has 0 aromatic carbocycles. The van der Waals surface area contributed by atoms with Gasteiger partial charge in [0.05, 0.1) is 61.0 Å². The maximum Gasteiger partial charge on any atom is 3.00 e. The number of fused-ring (bicyclic) bond motifs is 1. The minimum absolute atomic E-state index is 0. The second kappa shape index (κ2) is 58.1. The third-order valence-corrected chi connectivity index (χ3v) is 20.9. The number of aromatic nitrogens is 9. The average Bonchev–Trinajstić information content (AvgIpc) is 1.56. The van der Waals surface area contributed by atoms with Crippen LogP contribution in [0, 0.1) is 0 Å². The van der Waals surface area contributed by atoms with E-state index in [1.54, 1.807) is 94.9 Å². The van der Waals surface area contributed by atoms with Gasteiger partial charge in [-0.15, -0.1) is 34.0 Å². The summed E-state index contributed by atoms with van der Waals surface area (Å²) in [6, 6.07) is 31.9. The Kier molecular flexibility index (Phi) is 49.6. The van der Waals surface area contributed by atoms with Crippen LogP contribution in [-0.2, 0) is 90.0 Å². The molecule has 120 heavy (non-hydrogen) atoms. The van der Waals surface area contributed by atoms with Crippen molar-refractivity contribution >= 4 is 129 Å². The van der Waals surface area contributed by atoms with Gasteiger partial charge in [0, 0.05) is 98.0 Å². The molecule has 0 atom stereocenters. The number of thiophene rings is 3. The number of halogens is 3. The van der Waals surface area contributed by atoms with E-state index in [1.807, 2.05) is 42.6 Å². The molecular weight excluding hydrogens is 1850 g/mol. The summed E-state index contributed by atoms with van der Waals surface area (Å²) in [5.41, 5.74) is 7.88. The van der Waals surface area contributed by atoms with Crippen molar-refractivity contribution in [2.75, 3.05) is 13.2 Å². The monoisotopic (exact) mass is 1930 g/mol. The minimum Gasteiger partial charge on any atom is -0.753 e. The molecule has 12 heterocycles. The van der Waals surface area contributed by atoms with Gasteiger partial charge < -0.3 is 60.3 Å². The van der Waals surface area contributed by atoms with E-state index in [9.17, 15) is 32.3 Å². The molecule has 0 aliphatic carbocycles. The summed E-state index contributed by atoms with van der Waals surface area (Å²) in [6.45, 7) is 11.3. The number of hydrogen-bond acceptors (Lipinski definition) is 25. The fourth-order valence-electron chi connectivity index (χ4n) is 11.8. The molecule has 11 aromatic heterocycles. The van der Waals surface area contributed by atoms with Crippen molar-refractivity contribution in [2.24, 2.45) is 0 Å². The predicted octanol–water partition coefficient (Wildman–Crippen LogP) is 22.7. The van der Waals surface area contributed by atoms with E-state index in [4.69, 9.17) is 50.1 Å². The number of carbonyl (C=O) groups is 4. The number of hydrogen-bond donors (Lipinski definition) is 0. The third-order valence-electron chi connectivity index (χ3n) is 17.1. The minimum atomic E-state index is -4.51. The Labute approximate surface area is 753 Å². The molecule has 0 fully saturated rings. The van der Waals surface area contributed by atoms with Crippen LogP contribution < -0.4 is 33.5 Å². The maximum atomic E-state index is 12.9. The molecular formula is C85H83F3N13O10Ru2S7. The van der Waals surface area contributed by atoms with Crippen molar-refractivity contribution in [1.82, 2.24) is 45.1 Å². The average molecular weight is 1930 g/mol. The van der Waals surface area contributed by atoms with Crippen molar-refractivity contribution in [3.05, 3.63) is 188 Å². The molecule has 0 amide bonds. The van der Waals surface area contributed by atoms with E-state index < -0.39 is 11.9 Å². The largest absolute Gasteiger partial charge is 3.00 e. The zero-order valence-corrected chi connectivity index (χ0v) is 74.9. The van der Waals surface area contributed by atoms with Crippen LogP contribution in [-0.4, -0.2) is 99.7 Å². The van der Waals surface area contributed by atoms with E-state index in [2.05, 4.69) is 140 Å². The summed E-state index contributed by atoms with van der Waals surface area (Å²) in [5, 5.41) is 40.9. The van der Waals surface area contributed by atoms with Crippen LogP contribution >= 0.6 is 82.9 Å². The van der Waals surface area contributed by atoms with Crippen LogP contribution in [0.2, 0.25) is 0 Å². The molecule has 23 nitrogen and oxygen atoms in total. The molecule has 627 valence electrons. The molecule has 1 radical (unpaired) electrons. The fraction of sp³-hybridized carbons (Fsp3) is 0.318. The fourth-order valence-corrected chi connectivity index (χ4v) is 15.3. The molecule has 0 saturated carbocycles. The van der Waals surface area contributed by atoms with Crippen molar-refractivity contribution in [1.29, 1.82) is 0 Å². The maximum absolute atomic E-state index is 12.9. The van der Waals surface area contributed by atoms with Crippen molar-refractivity contribution in [3.63, 3.8) is 0 Å². The van der Waals surface area contributed by atoms with Gasteiger partial charge in [-0.1, -0.05) is 159 Å². The van der Waals surface area contributed by atoms with Crippen molar-refractivity contribution < 1.29 is 99.7 Å². The van der Waals surface area contributed by atoms with E-state index in [0.29, 0.717) is 108 Å². The van der Waals surface area contributed by atoms with Gasteiger partial charge in [-0.2, -0.15) is 33.8 Å². The molecule has 1 aliphatic heterocycles. The number of aryl methyl sites for hydroxylation is 4. The first-order valence-corrected chi connectivity index (χ1v) is 41.6.